The second-order valence-corrected chi connectivity index (χ2v) is 3.11. The zero-order chi connectivity index (χ0) is 7.68. The van der Waals surface area contributed by atoms with Gasteiger partial charge in [-0.15, -0.1) is 0 Å². The lowest BCUT2D eigenvalue weighted by Crippen LogP contribution is -2.53. The van der Waals surface area contributed by atoms with Crippen LogP contribution in [0.25, 0.3) is 0 Å². The minimum absolute atomic E-state index is 0.425. The molecule has 2 rings (SSSR count). The van der Waals surface area contributed by atoms with Gasteiger partial charge in [0.05, 0.1) is 6.17 Å². The Labute approximate surface area is 66.1 Å². The highest BCUT2D eigenvalue weighted by molar-refractivity contribution is 5.47. The summed E-state index contributed by atoms with van der Waals surface area (Å²) in [6.45, 7) is 4.97. The van der Waals surface area contributed by atoms with E-state index in [0.717, 1.165) is 39.1 Å². The molecule has 2 aliphatic rings. The number of hydrogen-bond acceptors (Lipinski definition) is 3. The molecule has 1 amide bonds. The zero-order valence-electron chi connectivity index (χ0n) is 6.49. The van der Waals surface area contributed by atoms with Gasteiger partial charge in [0.1, 0.15) is 0 Å². The van der Waals surface area contributed by atoms with Crippen molar-refractivity contribution in [2.45, 2.75) is 6.17 Å². The molecule has 1 atom stereocenters. The third-order valence-electron chi connectivity index (χ3n) is 2.45. The van der Waals surface area contributed by atoms with E-state index in [1.807, 2.05) is 4.90 Å². The highest BCUT2D eigenvalue weighted by Gasteiger charge is 2.29. The summed E-state index contributed by atoms with van der Waals surface area (Å²) in [7, 11) is 0. The first-order valence-electron chi connectivity index (χ1n) is 4.07. The van der Waals surface area contributed by atoms with E-state index in [1.165, 1.54) is 0 Å². The van der Waals surface area contributed by atoms with Crippen LogP contribution in [0.4, 0.5) is 0 Å². The molecule has 11 heavy (non-hydrogen) atoms. The van der Waals surface area contributed by atoms with Gasteiger partial charge in [0.25, 0.3) is 0 Å². The third-order valence-corrected chi connectivity index (χ3v) is 2.45. The Morgan fingerprint density at radius 1 is 1.36 bits per heavy atom. The molecular weight excluding hydrogens is 142 g/mol. The number of fused-ring (bicyclic) bond motifs is 1. The number of piperazine rings is 1. The Balaban J connectivity index is 1.96. The zero-order valence-corrected chi connectivity index (χ0v) is 6.49. The first kappa shape index (κ1) is 7.06. The van der Waals surface area contributed by atoms with E-state index in [1.54, 1.807) is 0 Å². The maximum atomic E-state index is 10.4. The Kier molecular flexibility index (Phi) is 1.79. The molecule has 0 spiro atoms. The number of nitrogens with one attached hydrogen (secondary N) is 1. The molecule has 0 aliphatic carbocycles. The van der Waals surface area contributed by atoms with Crippen LogP contribution in [0, 0.1) is 0 Å². The average Bonchev–Trinajstić information content (AvgIpc) is 2.50. The predicted molar refractivity (Wildman–Crippen MR) is 41.0 cm³/mol. The van der Waals surface area contributed by atoms with Crippen LogP contribution >= 0.6 is 0 Å². The van der Waals surface area contributed by atoms with E-state index in [2.05, 4.69) is 10.2 Å². The van der Waals surface area contributed by atoms with Crippen LogP contribution in [0.1, 0.15) is 0 Å². The number of hydrogen-bond donors (Lipinski definition) is 1. The lowest BCUT2D eigenvalue weighted by molar-refractivity contribution is -0.120. The predicted octanol–water partition coefficient (Wildman–Crippen LogP) is -1.31. The molecule has 4 heteroatoms. The van der Waals surface area contributed by atoms with Crippen LogP contribution in [-0.2, 0) is 4.79 Å². The van der Waals surface area contributed by atoms with Gasteiger partial charge >= 0.3 is 0 Å². The Morgan fingerprint density at radius 3 is 3.09 bits per heavy atom. The van der Waals surface area contributed by atoms with E-state index in [4.69, 9.17) is 0 Å². The number of nitrogens with zero attached hydrogens (tertiary/aromatic N) is 2. The van der Waals surface area contributed by atoms with Crippen molar-refractivity contribution in [3.05, 3.63) is 0 Å². The number of rotatable bonds is 1. The van der Waals surface area contributed by atoms with Gasteiger partial charge in [0.2, 0.25) is 6.41 Å². The smallest absolute Gasteiger partial charge is 0.209 e. The van der Waals surface area contributed by atoms with Crippen LogP contribution in [0.2, 0.25) is 0 Å². The number of amides is 1. The number of carbonyl (C=O) groups is 1. The van der Waals surface area contributed by atoms with E-state index in [-0.39, 0.29) is 0 Å². The fourth-order valence-corrected chi connectivity index (χ4v) is 1.77. The highest BCUT2D eigenvalue weighted by atomic mass is 16.1. The van der Waals surface area contributed by atoms with Crippen molar-refractivity contribution in [1.29, 1.82) is 0 Å². The molecule has 2 saturated heterocycles. The lowest BCUT2D eigenvalue weighted by Gasteiger charge is -2.34. The van der Waals surface area contributed by atoms with Gasteiger partial charge in [-0.3, -0.25) is 15.0 Å². The topological polar surface area (TPSA) is 35.6 Å². The van der Waals surface area contributed by atoms with E-state index in [0.29, 0.717) is 6.17 Å². The second-order valence-electron chi connectivity index (χ2n) is 3.11. The molecule has 0 saturated carbocycles. The van der Waals surface area contributed by atoms with Crippen LogP contribution < -0.4 is 5.32 Å². The molecular formula is C7H13N3O. The standard InChI is InChI=1S/C7H13N3O/c11-6-9-3-4-10-2-1-8-7(10)5-9/h6-8H,1-5H2. The maximum absolute atomic E-state index is 10.4. The summed E-state index contributed by atoms with van der Waals surface area (Å²) in [5.41, 5.74) is 0. The van der Waals surface area contributed by atoms with E-state index >= 15 is 0 Å². The van der Waals surface area contributed by atoms with Gasteiger partial charge in [-0.1, -0.05) is 0 Å². The highest BCUT2D eigenvalue weighted by Crippen LogP contribution is 2.09. The number of carbonyl (C=O) groups excluding carboxylic acids is 1. The molecule has 0 bridgehead atoms. The first-order valence-corrected chi connectivity index (χ1v) is 4.07. The van der Waals surface area contributed by atoms with Crippen LogP contribution in [0.15, 0.2) is 0 Å². The van der Waals surface area contributed by atoms with Gasteiger partial charge in [-0.2, -0.15) is 0 Å². The Morgan fingerprint density at radius 2 is 2.27 bits per heavy atom. The normalized spacial score (nSPS) is 32.0. The average molecular weight is 155 g/mol. The second kappa shape index (κ2) is 2.79. The minimum atomic E-state index is 0.425. The van der Waals surface area contributed by atoms with Gasteiger partial charge < -0.3 is 4.90 Å². The summed E-state index contributed by atoms with van der Waals surface area (Å²) in [6, 6.07) is 0. The van der Waals surface area contributed by atoms with Crippen molar-refractivity contribution < 1.29 is 4.79 Å². The molecule has 2 aliphatic heterocycles. The monoisotopic (exact) mass is 155 g/mol. The molecule has 0 aromatic heterocycles. The molecule has 0 aromatic rings. The van der Waals surface area contributed by atoms with Crippen molar-refractivity contribution in [2.24, 2.45) is 0 Å². The summed E-state index contributed by atoms with van der Waals surface area (Å²) in [5, 5.41) is 3.35. The molecule has 2 heterocycles. The summed E-state index contributed by atoms with van der Waals surface area (Å²) in [5.74, 6) is 0. The fourth-order valence-electron chi connectivity index (χ4n) is 1.77. The van der Waals surface area contributed by atoms with Crippen LogP contribution in [0.3, 0.4) is 0 Å². The van der Waals surface area contributed by atoms with Crippen molar-refractivity contribution in [3.8, 4) is 0 Å². The summed E-state index contributed by atoms with van der Waals surface area (Å²) in [4.78, 5) is 14.6. The summed E-state index contributed by atoms with van der Waals surface area (Å²) < 4.78 is 0. The van der Waals surface area contributed by atoms with E-state index < -0.39 is 0 Å². The molecule has 0 radical (unpaired) electrons. The molecule has 4 nitrogen and oxygen atoms in total. The van der Waals surface area contributed by atoms with Gasteiger partial charge in [-0.05, 0) is 0 Å². The van der Waals surface area contributed by atoms with Crippen LogP contribution in [-0.4, -0.2) is 55.1 Å². The van der Waals surface area contributed by atoms with Crippen molar-refractivity contribution in [3.63, 3.8) is 0 Å². The largest absolute Gasteiger partial charge is 0.341 e. The first-order chi connectivity index (χ1) is 5.40. The summed E-state index contributed by atoms with van der Waals surface area (Å²) in [6.07, 6.45) is 1.37. The molecule has 1 unspecified atom stereocenters. The van der Waals surface area contributed by atoms with Gasteiger partial charge in [0, 0.05) is 32.7 Å². The lowest BCUT2D eigenvalue weighted by atomic mass is 10.3. The molecule has 2 fully saturated rings. The maximum Gasteiger partial charge on any atom is 0.209 e. The van der Waals surface area contributed by atoms with Gasteiger partial charge in [0.15, 0.2) is 0 Å². The third kappa shape index (κ3) is 1.23. The van der Waals surface area contributed by atoms with Crippen LogP contribution in [0.5, 0.6) is 0 Å². The molecule has 0 aromatic carbocycles. The molecule has 62 valence electrons. The van der Waals surface area contributed by atoms with Crippen molar-refractivity contribution in [1.82, 2.24) is 15.1 Å². The Bertz CT molecular complexity index is 162. The molecule has 1 N–H and O–H groups in total. The van der Waals surface area contributed by atoms with E-state index in [9.17, 15) is 4.79 Å². The van der Waals surface area contributed by atoms with Crippen molar-refractivity contribution in [2.75, 3.05) is 32.7 Å². The minimum Gasteiger partial charge on any atom is -0.341 e. The SMILES string of the molecule is O=CN1CCN2CCNC2C1. The van der Waals surface area contributed by atoms with Gasteiger partial charge in [-0.25, -0.2) is 0 Å². The fraction of sp³-hybridized carbons (Fsp3) is 0.857. The summed E-state index contributed by atoms with van der Waals surface area (Å²) >= 11 is 0. The van der Waals surface area contributed by atoms with Crippen molar-refractivity contribution >= 4 is 6.41 Å². The quantitative estimate of drug-likeness (QED) is 0.478. The Hall–Kier alpha value is -0.610.